The average molecular weight is 304 g/mol. The van der Waals surface area contributed by atoms with Gasteiger partial charge in [0.05, 0.1) is 6.61 Å². The Kier molecular flexibility index (Phi) is 4.46. The zero-order chi connectivity index (χ0) is 14.9. The van der Waals surface area contributed by atoms with Crippen LogP contribution in [0.2, 0.25) is 0 Å². The van der Waals surface area contributed by atoms with Crippen molar-refractivity contribution in [2.75, 3.05) is 12.3 Å². The highest BCUT2D eigenvalue weighted by molar-refractivity contribution is 7.32. The molecule has 0 aliphatic carbocycles. The SMILES string of the molecule is Cc1cn([C@H]2C[C@@H](O[P+](=O)O)C(CO)O2)c(N)nc1=O. The van der Waals surface area contributed by atoms with Crippen LogP contribution in [0.5, 0.6) is 0 Å². The molecule has 4 N–H and O–H groups in total. The molecule has 110 valence electrons. The minimum atomic E-state index is -2.80. The van der Waals surface area contributed by atoms with E-state index in [1.165, 1.54) is 10.8 Å². The van der Waals surface area contributed by atoms with Gasteiger partial charge in [-0.1, -0.05) is 0 Å². The summed E-state index contributed by atoms with van der Waals surface area (Å²) in [6.45, 7) is 1.22. The van der Waals surface area contributed by atoms with Gasteiger partial charge in [0, 0.05) is 22.7 Å². The van der Waals surface area contributed by atoms with Crippen LogP contribution < -0.4 is 11.3 Å². The fourth-order valence-electron chi connectivity index (χ4n) is 2.07. The van der Waals surface area contributed by atoms with Crippen molar-refractivity contribution in [1.82, 2.24) is 9.55 Å². The number of rotatable bonds is 4. The van der Waals surface area contributed by atoms with Crippen LogP contribution in [-0.2, 0) is 13.8 Å². The fraction of sp³-hybridized carbons (Fsp3) is 0.600. The number of nitrogens with two attached hydrogens (primary N) is 1. The van der Waals surface area contributed by atoms with Gasteiger partial charge >= 0.3 is 8.25 Å². The lowest BCUT2D eigenvalue weighted by Crippen LogP contribution is -2.26. The van der Waals surface area contributed by atoms with E-state index in [1.54, 1.807) is 6.92 Å². The Morgan fingerprint density at radius 2 is 2.40 bits per heavy atom. The van der Waals surface area contributed by atoms with Gasteiger partial charge in [-0.3, -0.25) is 9.36 Å². The van der Waals surface area contributed by atoms with Crippen LogP contribution in [0.15, 0.2) is 11.0 Å². The van der Waals surface area contributed by atoms with E-state index in [9.17, 15) is 14.5 Å². The molecule has 0 saturated carbocycles. The molecule has 0 spiro atoms. The molecule has 10 heteroatoms. The van der Waals surface area contributed by atoms with Crippen molar-refractivity contribution in [1.29, 1.82) is 0 Å². The van der Waals surface area contributed by atoms with E-state index >= 15 is 0 Å². The van der Waals surface area contributed by atoms with Gasteiger partial charge in [0.15, 0.2) is 0 Å². The monoisotopic (exact) mass is 304 g/mol. The van der Waals surface area contributed by atoms with Gasteiger partial charge in [-0.15, -0.1) is 9.42 Å². The minimum absolute atomic E-state index is 0.0312. The van der Waals surface area contributed by atoms with E-state index in [2.05, 4.69) is 4.98 Å². The van der Waals surface area contributed by atoms with Crippen molar-refractivity contribution in [3.05, 3.63) is 22.1 Å². The Labute approximate surface area is 114 Å². The number of aryl methyl sites for hydroxylation is 1. The minimum Gasteiger partial charge on any atom is -0.394 e. The molecular formula is C10H15N3O6P+. The summed E-state index contributed by atoms with van der Waals surface area (Å²) in [6.07, 6.45) is -0.409. The van der Waals surface area contributed by atoms with Gasteiger partial charge < -0.3 is 15.6 Å². The summed E-state index contributed by atoms with van der Waals surface area (Å²) in [5, 5.41) is 9.19. The Hall–Kier alpha value is -1.38. The van der Waals surface area contributed by atoms with Crippen LogP contribution in [0.1, 0.15) is 18.2 Å². The van der Waals surface area contributed by atoms with Crippen molar-refractivity contribution in [2.45, 2.75) is 31.8 Å². The normalized spacial score (nSPS) is 26.8. The van der Waals surface area contributed by atoms with Gasteiger partial charge in [0.25, 0.3) is 5.56 Å². The third-order valence-electron chi connectivity index (χ3n) is 3.05. The van der Waals surface area contributed by atoms with Gasteiger partial charge in [-0.2, -0.15) is 4.98 Å². The number of hydrogen-bond donors (Lipinski definition) is 3. The number of nitrogen functional groups attached to an aromatic ring is 1. The van der Waals surface area contributed by atoms with Gasteiger partial charge in [-0.25, -0.2) is 0 Å². The van der Waals surface area contributed by atoms with E-state index in [4.69, 9.17) is 19.9 Å². The van der Waals surface area contributed by atoms with Crippen LogP contribution in [0, 0.1) is 6.92 Å². The second kappa shape index (κ2) is 5.94. The van der Waals surface area contributed by atoms with E-state index in [-0.39, 0.29) is 19.0 Å². The zero-order valence-electron chi connectivity index (χ0n) is 10.7. The lowest BCUT2D eigenvalue weighted by molar-refractivity contribution is -0.0404. The molecule has 0 bridgehead atoms. The highest BCUT2D eigenvalue weighted by atomic mass is 31.1. The molecule has 0 amide bonds. The number of aliphatic hydroxyl groups is 1. The maximum atomic E-state index is 11.4. The van der Waals surface area contributed by atoms with Crippen LogP contribution in [0.4, 0.5) is 5.95 Å². The third-order valence-corrected chi connectivity index (χ3v) is 3.50. The Bertz CT molecular complexity index is 577. The molecule has 1 fully saturated rings. The molecule has 2 unspecified atom stereocenters. The topological polar surface area (TPSA) is 137 Å². The molecule has 9 nitrogen and oxygen atoms in total. The first-order chi connectivity index (χ1) is 9.42. The predicted octanol–water partition coefficient (Wildman–Crippen LogP) is -0.551. The summed E-state index contributed by atoms with van der Waals surface area (Å²) in [4.78, 5) is 23.8. The van der Waals surface area contributed by atoms with Crippen LogP contribution in [0.3, 0.4) is 0 Å². The lowest BCUT2D eigenvalue weighted by atomic mass is 10.2. The number of anilines is 1. The molecule has 2 heterocycles. The van der Waals surface area contributed by atoms with Gasteiger partial charge in [-0.05, 0) is 6.92 Å². The van der Waals surface area contributed by atoms with Crippen LogP contribution in [0.25, 0.3) is 0 Å². The van der Waals surface area contributed by atoms with E-state index < -0.39 is 32.2 Å². The van der Waals surface area contributed by atoms with Crippen molar-refractivity contribution in [3.8, 4) is 0 Å². The first-order valence-electron chi connectivity index (χ1n) is 5.87. The maximum Gasteiger partial charge on any atom is 0.695 e. The van der Waals surface area contributed by atoms with E-state index in [0.717, 1.165) is 0 Å². The molecule has 1 aliphatic rings. The molecule has 2 rings (SSSR count). The highest BCUT2D eigenvalue weighted by Gasteiger charge is 2.42. The number of hydrogen-bond acceptors (Lipinski definition) is 7. The fourth-order valence-corrected chi connectivity index (χ4v) is 2.53. The molecule has 1 aromatic heterocycles. The number of nitrogens with zero attached hydrogens (tertiary/aromatic N) is 2. The zero-order valence-corrected chi connectivity index (χ0v) is 11.6. The highest BCUT2D eigenvalue weighted by Crippen LogP contribution is 2.35. The summed E-state index contributed by atoms with van der Waals surface area (Å²) in [7, 11) is -2.80. The molecule has 1 aliphatic heterocycles. The third kappa shape index (κ3) is 3.02. The molecule has 1 saturated heterocycles. The van der Waals surface area contributed by atoms with Gasteiger partial charge in [0.2, 0.25) is 5.95 Å². The average Bonchev–Trinajstić information content (AvgIpc) is 2.75. The number of aliphatic hydroxyl groups excluding tert-OH is 1. The van der Waals surface area contributed by atoms with Crippen molar-refractivity contribution < 1.29 is 23.8 Å². The molecule has 4 atom stereocenters. The molecule has 0 radical (unpaired) electrons. The summed E-state index contributed by atoms with van der Waals surface area (Å²) in [5.74, 6) is -0.0312. The summed E-state index contributed by atoms with van der Waals surface area (Å²) < 4.78 is 22.5. The van der Waals surface area contributed by atoms with Crippen molar-refractivity contribution >= 4 is 14.2 Å². The smallest absolute Gasteiger partial charge is 0.394 e. The Morgan fingerprint density at radius 3 is 3.00 bits per heavy atom. The largest absolute Gasteiger partial charge is 0.695 e. The second-order valence-corrected chi connectivity index (χ2v) is 5.11. The summed E-state index contributed by atoms with van der Waals surface area (Å²) in [6, 6.07) is 0. The number of aromatic nitrogens is 2. The summed E-state index contributed by atoms with van der Waals surface area (Å²) >= 11 is 0. The Morgan fingerprint density at radius 1 is 1.70 bits per heavy atom. The lowest BCUT2D eigenvalue weighted by Gasteiger charge is -2.17. The maximum absolute atomic E-state index is 11.4. The Balaban J connectivity index is 2.25. The summed E-state index contributed by atoms with van der Waals surface area (Å²) in [5.41, 5.74) is 5.63. The number of ether oxygens (including phenoxy) is 1. The first kappa shape index (κ1) is 15.0. The van der Waals surface area contributed by atoms with Crippen LogP contribution >= 0.6 is 8.25 Å². The van der Waals surface area contributed by atoms with Crippen molar-refractivity contribution in [3.63, 3.8) is 0 Å². The van der Waals surface area contributed by atoms with E-state index in [1.807, 2.05) is 0 Å². The predicted molar refractivity (Wildman–Crippen MR) is 68.0 cm³/mol. The van der Waals surface area contributed by atoms with Crippen molar-refractivity contribution in [2.24, 2.45) is 0 Å². The van der Waals surface area contributed by atoms with Crippen LogP contribution in [-0.4, -0.2) is 38.4 Å². The van der Waals surface area contributed by atoms with E-state index in [0.29, 0.717) is 5.56 Å². The molecular weight excluding hydrogens is 289 g/mol. The second-order valence-electron chi connectivity index (χ2n) is 4.42. The first-order valence-corrected chi connectivity index (χ1v) is 7.00. The molecule has 1 aromatic rings. The standard InChI is InChI=1S/C10H14N3O6P/c1-5-3-13(10(11)12-9(5)15)8-2-6(19-20(16)17)7(4-14)18-8/h3,6-8,14H,2,4H2,1H3,(H2-,11,12,15,16,17)/p+1/t6-,7?,8-/m1/s1. The molecule has 20 heavy (non-hydrogen) atoms. The quantitative estimate of drug-likeness (QED) is 0.630. The molecule has 0 aromatic carbocycles. The van der Waals surface area contributed by atoms with Gasteiger partial charge in [0.1, 0.15) is 18.4 Å².